The molecule has 3 rings (SSSR count). The van der Waals surface area contributed by atoms with Crippen LogP contribution in [-0.2, 0) is 15.4 Å². The van der Waals surface area contributed by atoms with Gasteiger partial charge in [-0.15, -0.1) is 11.3 Å². The van der Waals surface area contributed by atoms with Gasteiger partial charge >= 0.3 is 0 Å². The highest BCUT2D eigenvalue weighted by Gasteiger charge is 2.38. The molecule has 0 saturated heterocycles. The fraction of sp³-hybridized carbons (Fsp3) is 0.500. The molecule has 0 amide bonds. The Morgan fingerprint density at radius 3 is 2.42 bits per heavy atom. The van der Waals surface area contributed by atoms with Gasteiger partial charge in [0.05, 0.1) is 11.0 Å². The van der Waals surface area contributed by atoms with Gasteiger partial charge in [0.15, 0.2) is 0 Å². The Bertz CT molecular complexity index is 878. The molecule has 1 aliphatic rings. The summed E-state index contributed by atoms with van der Waals surface area (Å²) in [5.74, 6) is 0. The summed E-state index contributed by atoms with van der Waals surface area (Å²) in [7, 11) is -3.54. The molecule has 2 N–H and O–H groups in total. The highest BCUT2D eigenvalue weighted by molar-refractivity contribution is 7.89. The second-order valence-electron chi connectivity index (χ2n) is 7.44. The maximum atomic E-state index is 12.8. The first kappa shape index (κ1) is 19.5. The fourth-order valence-corrected chi connectivity index (χ4v) is 6.02. The molecule has 26 heavy (non-hydrogen) atoms. The van der Waals surface area contributed by atoms with E-state index in [0.717, 1.165) is 41.7 Å². The Kier molecular flexibility index (Phi) is 5.58. The van der Waals surface area contributed by atoms with Gasteiger partial charge in [0.25, 0.3) is 0 Å². The van der Waals surface area contributed by atoms with Crippen LogP contribution in [0.3, 0.4) is 0 Å². The van der Waals surface area contributed by atoms with Crippen LogP contribution in [-0.4, -0.2) is 20.1 Å². The Labute approximate surface area is 160 Å². The molecule has 1 atom stereocenters. The number of aliphatic hydroxyl groups is 1. The number of hydrogen-bond donors (Lipinski definition) is 2. The third-order valence-corrected chi connectivity index (χ3v) is 8.41. The molecule has 0 aliphatic heterocycles. The molecule has 1 aliphatic carbocycles. The minimum absolute atomic E-state index is 0.162. The van der Waals surface area contributed by atoms with Gasteiger partial charge in [-0.25, -0.2) is 13.1 Å². The van der Waals surface area contributed by atoms with Crippen LogP contribution in [0.4, 0.5) is 0 Å². The first-order valence-electron chi connectivity index (χ1n) is 9.09. The van der Waals surface area contributed by atoms with Crippen LogP contribution in [0.1, 0.15) is 59.6 Å². The van der Waals surface area contributed by atoms with Crippen molar-refractivity contribution < 1.29 is 13.5 Å². The van der Waals surface area contributed by atoms with Gasteiger partial charge in [0.1, 0.15) is 0 Å². The van der Waals surface area contributed by atoms with E-state index in [-0.39, 0.29) is 5.41 Å². The summed E-state index contributed by atoms with van der Waals surface area (Å²) in [6.45, 7) is 6.07. The second-order valence-corrected chi connectivity index (χ2v) is 10.3. The zero-order chi connectivity index (χ0) is 18.9. The maximum Gasteiger partial charge on any atom is 0.240 e. The van der Waals surface area contributed by atoms with Crippen molar-refractivity contribution in [1.29, 1.82) is 0 Å². The molecule has 1 saturated carbocycles. The lowest BCUT2D eigenvalue weighted by Gasteiger charge is -2.28. The van der Waals surface area contributed by atoms with Crippen molar-refractivity contribution in [2.75, 3.05) is 6.54 Å². The summed E-state index contributed by atoms with van der Waals surface area (Å²) >= 11 is 1.60. The van der Waals surface area contributed by atoms with E-state index in [1.807, 2.05) is 26.0 Å². The van der Waals surface area contributed by atoms with E-state index >= 15 is 0 Å². The van der Waals surface area contributed by atoms with Crippen molar-refractivity contribution in [1.82, 2.24) is 4.72 Å². The Hall–Kier alpha value is -1.21. The molecule has 0 spiro atoms. The van der Waals surface area contributed by atoms with Crippen molar-refractivity contribution in [3.63, 3.8) is 0 Å². The normalized spacial score (nSPS) is 18.2. The molecule has 1 heterocycles. The SMILES string of the molecule is Cc1ccc(S(=O)(=O)NCC2(c3ccc(C(C)O)s3)CCCC2)cc1C. The van der Waals surface area contributed by atoms with Crippen LogP contribution in [0.25, 0.3) is 0 Å². The molecular weight excluding hydrogens is 366 g/mol. The van der Waals surface area contributed by atoms with E-state index in [1.165, 1.54) is 4.88 Å². The van der Waals surface area contributed by atoms with E-state index in [2.05, 4.69) is 10.8 Å². The third-order valence-electron chi connectivity index (χ3n) is 5.51. The largest absolute Gasteiger partial charge is 0.388 e. The smallest absolute Gasteiger partial charge is 0.240 e. The van der Waals surface area contributed by atoms with E-state index in [4.69, 9.17) is 0 Å². The van der Waals surface area contributed by atoms with Gasteiger partial charge in [0.2, 0.25) is 10.0 Å². The summed E-state index contributed by atoms with van der Waals surface area (Å²) in [6, 6.07) is 9.27. The Morgan fingerprint density at radius 2 is 1.85 bits per heavy atom. The van der Waals surface area contributed by atoms with Crippen LogP contribution in [0.5, 0.6) is 0 Å². The van der Waals surface area contributed by atoms with Crippen LogP contribution < -0.4 is 4.72 Å². The lowest BCUT2D eigenvalue weighted by molar-refractivity contribution is 0.203. The van der Waals surface area contributed by atoms with Crippen molar-refractivity contribution in [3.05, 3.63) is 51.2 Å². The van der Waals surface area contributed by atoms with Crippen molar-refractivity contribution in [2.24, 2.45) is 0 Å². The summed E-state index contributed by atoms with van der Waals surface area (Å²) in [6.07, 6.45) is 3.67. The predicted molar refractivity (Wildman–Crippen MR) is 106 cm³/mol. The summed E-state index contributed by atoms with van der Waals surface area (Å²) < 4.78 is 28.4. The topological polar surface area (TPSA) is 66.4 Å². The zero-order valence-electron chi connectivity index (χ0n) is 15.6. The standard InChI is InChI=1S/C20H27NO3S2/c1-14-6-7-17(12-15(14)2)26(23,24)21-13-20(10-4-5-11-20)19-9-8-18(25-19)16(3)22/h6-9,12,16,21-22H,4-5,10-11,13H2,1-3H3. The number of thiophene rings is 1. The van der Waals surface area contributed by atoms with Gasteiger partial charge in [0, 0.05) is 21.7 Å². The number of benzene rings is 1. The minimum atomic E-state index is -3.54. The average Bonchev–Trinajstić information content (AvgIpc) is 3.25. The number of hydrogen-bond acceptors (Lipinski definition) is 4. The number of rotatable bonds is 6. The quantitative estimate of drug-likeness (QED) is 0.773. The fourth-order valence-electron chi connectivity index (χ4n) is 3.62. The van der Waals surface area contributed by atoms with Gasteiger partial charge < -0.3 is 5.11 Å². The zero-order valence-corrected chi connectivity index (χ0v) is 17.2. The molecular formula is C20H27NO3S2. The van der Waals surface area contributed by atoms with E-state index in [1.54, 1.807) is 30.4 Å². The summed E-state index contributed by atoms with van der Waals surface area (Å²) in [4.78, 5) is 2.43. The molecule has 1 aromatic heterocycles. The van der Waals surface area contributed by atoms with Crippen molar-refractivity contribution in [2.45, 2.75) is 62.9 Å². The highest BCUT2D eigenvalue weighted by atomic mass is 32.2. The van der Waals surface area contributed by atoms with Gasteiger partial charge in [-0.3, -0.25) is 0 Å². The number of aliphatic hydroxyl groups excluding tert-OH is 1. The number of sulfonamides is 1. The Morgan fingerprint density at radius 1 is 1.15 bits per heavy atom. The lowest BCUT2D eigenvalue weighted by atomic mass is 9.85. The number of nitrogens with one attached hydrogen (secondary N) is 1. The molecule has 4 nitrogen and oxygen atoms in total. The molecule has 1 fully saturated rings. The molecule has 142 valence electrons. The third kappa shape index (κ3) is 3.88. The van der Waals surface area contributed by atoms with Crippen LogP contribution in [0.2, 0.25) is 0 Å². The molecule has 6 heteroatoms. The second kappa shape index (κ2) is 7.43. The summed E-state index contributed by atoms with van der Waals surface area (Å²) in [5.41, 5.74) is 1.90. The predicted octanol–water partition coefficient (Wildman–Crippen LogP) is 4.21. The van der Waals surface area contributed by atoms with E-state index in [9.17, 15) is 13.5 Å². The minimum Gasteiger partial charge on any atom is -0.388 e. The van der Waals surface area contributed by atoms with Crippen LogP contribution >= 0.6 is 11.3 Å². The monoisotopic (exact) mass is 393 g/mol. The summed E-state index contributed by atoms with van der Waals surface area (Å²) in [5, 5.41) is 9.82. The van der Waals surface area contributed by atoms with E-state index < -0.39 is 16.1 Å². The molecule has 1 aromatic carbocycles. The Balaban J connectivity index is 1.83. The highest BCUT2D eigenvalue weighted by Crippen LogP contribution is 2.44. The molecule has 2 aromatic rings. The van der Waals surface area contributed by atoms with Gasteiger partial charge in [-0.05, 0) is 69.0 Å². The average molecular weight is 394 g/mol. The first-order valence-corrected chi connectivity index (χ1v) is 11.4. The molecule has 0 bridgehead atoms. The maximum absolute atomic E-state index is 12.8. The van der Waals surface area contributed by atoms with Crippen molar-refractivity contribution >= 4 is 21.4 Å². The van der Waals surface area contributed by atoms with E-state index in [0.29, 0.717) is 11.4 Å². The molecule has 0 radical (unpaired) electrons. The molecule has 1 unspecified atom stereocenters. The van der Waals surface area contributed by atoms with Gasteiger partial charge in [-0.1, -0.05) is 18.9 Å². The number of aryl methyl sites for hydroxylation is 2. The first-order chi connectivity index (χ1) is 12.2. The van der Waals surface area contributed by atoms with Crippen LogP contribution in [0, 0.1) is 13.8 Å². The van der Waals surface area contributed by atoms with Crippen molar-refractivity contribution in [3.8, 4) is 0 Å². The lowest BCUT2D eigenvalue weighted by Crippen LogP contribution is -2.38. The van der Waals surface area contributed by atoms with Crippen LogP contribution in [0.15, 0.2) is 35.2 Å². The van der Waals surface area contributed by atoms with Gasteiger partial charge in [-0.2, -0.15) is 0 Å².